The van der Waals surface area contributed by atoms with Crippen molar-refractivity contribution >= 4 is 23.8 Å². The van der Waals surface area contributed by atoms with E-state index in [1.54, 1.807) is 16.7 Å². The Morgan fingerprint density at radius 2 is 1.95 bits per heavy atom. The first-order valence-electron chi connectivity index (χ1n) is 7.70. The molecule has 1 aliphatic heterocycles. The number of hydrogen-bond donors (Lipinski definition) is 2. The third-order valence-corrected chi connectivity index (χ3v) is 6.64. The third-order valence-electron chi connectivity index (χ3n) is 5.05. The molecule has 6 heteroatoms. The first-order valence-corrected chi connectivity index (χ1v) is 8.92. The fraction of sp³-hybridized carbons (Fsp3) is 0.867. The summed E-state index contributed by atoms with van der Waals surface area (Å²) in [5.41, 5.74) is -0.760. The van der Waals surface area contributed by atoms with Gasteiger partial charge >= 0.3 is 12.0 Å². The molecule has 122 valence electrons. The number of urea groups is 1. The largest absolute Gasteiger partial charge is 0.481 e. The van der Waals surface area contributed by atoms with Crippen molar-refractivity contribution in [3.8, 4) is 0 Å². The van der Waals surface area contributed by atoms with E-state index >= 15 is 0 Å². The molecule has 2 N–H and O–H groups in total. The number of likely N-dealkylation sites (tertiary alicyclic amines) is 1. The average molecular weight is 316 g/mol. The quantitative estimate of drug-likeness (QED) is 0.758. The highest BCUT2D eigenvalue weighted by molar-refractivity contribution is 8.00. The number of thioether (sulfide) groups is 1. The molecule has 1 unspecified atom stereocenters. The van der Waals surface area contributed by atoms with E-state index in [-0.39, 0.29) is 10.8 Å². The predicted molar refractivity (Wildman–Crippen MR) is 86.8 cm³/mol. The Balaban J connectivity index is 2.60. The SMILES string of the molecule is CCC(CC)(CNC(=O)N1CCC(CC)(C(=O)O)C1)SC. The monoisotopic (exact) mass is 316 g/mol. The first kappa shape index (κ1) is 18.1. The number of carboxylic acids is 1. The van der Waals surface area contributed by atoms with Crippen LogP contribution in [-0.4, -0.2) is 52.6 Å². The highest BCUT2D eigenvalue weighted by Gasteiger charge is 2.44. The van der Waals surface area contributed by atoms with Crippen molar-refractivity contribution in [2.45, 2.75) is 51.2 Å². The molecule has 1 rings (SSSR count). The van der Waals surface area contributed by atoms with Crippen molar-refractivity contribution < 1.29 is 14.7 Å². The lowest BCUT2D eigenvalue weighted by molar-refractivity contribution is -0.148. The van der Waals surface area contributed by atoms with Gasteiger partial charge in [0.1, 0.15) is 0 Å². The number of nitrogens with one attached hydrogen (secondary N) is 1. The molecule has 1 fully saturated rings. The lowest BCUT2D eigenvalue weighted by atomic mass is 9.84. The third kappa shape index (κ3) is 3.84. The summed E-state index contributed by atoms with van der Waals surface area (Å²) in [7, 11) is 0. The van der Waals surface area contributed by atoms with Gasteiger partial charge in [-0.1, -0.05) is 20.8 Å². The van der Waals surface area contributed by atoms with Crippen molar-refractivity contribution in [2.24, 2.45) is 5.41 Å². The second-order valence-electron chi connectivity index (χ2n) is 5.86. The fourth-order valence-electron chi connectivity index (χ4n) is 2.87. The Morgan fingerprint density at radius 3 is 2.33 bits per heavy atom. The van der Waals surface area contributed by atoms with Crippen LogP contribution in [-0.2, 0) is 4.79 Å². The van der Waals surface area contributed by atoms with Gasteiger partial charge in [0, 0.05) is 24.4 Å². The van der Waals surface area contributed by atoms with E-state index in [0.29, 0.717) is 32.5 Å². The summed E-state index contributed by atoms with van der Waals surface area (Å²) in [5, 5.41) is 12.4. The minimum Gasteiger partial charge on any atom is -0.481 e. The molecule has 0 spiro atoms. The Kier molecular flexibility index (Phi) is 6.38. The van der Waals surface area contributed by atoms with Gasteiger partial charge in [0.25, 0.3) is 0 Å². The Labute approximate surface area is 131 Å². The average Bonchev–Trinajstić information content (AvgIpc) is 2.95. The summed E-state index contributed by atoms with van der Waals surface area (Å²) >= 11 is 1.78. The standard InChI is InChI=1S/C15H28N2O3S/c1-5-14(12(18)19)8-9-17(11-14)13(20)16-10-15(6-2,7-3)21-4/h5-11H2,1-4H3,(H,16,20)(H,18,19). The highest BCUT2D eigenvalue weighted by Crippen LogP contribution is 2.34. The van der Waals surface area contributed by atoms with Crippen molar-refractivity contribution in [3.05, 3.63) is 0 Å². The molecule has 5 nitrogen and oxygen atoms in total. The van der Waals surface area contributed by atoms with Crippen molar-refractivity contribution in [1.29, 1.82) is 0 Å². The Morgan fingerprint density at radius 1 is 1.33 bits per heavy atom. The maximum absolute atomic E-state index is 12.3. The van der Waals surface area contributed by atoms with Crippen LogP contribution in [0.1, 0.15) is 46.5 Å². The van der Waals surface area contributed by atoms with Crippen LogP contribution < -0.4 is 5.32 Å². The Bertz CT molecular complexity index is 377. The van der Waals surface area contributed by atoms with Gasteiger partial charge in [-0.25, -0.2) is 4.79 Å². The number of nitrogens with zero attached hydrogens (tertiary/aromatic N) is 1. The second-order valence-corrected chi connectivity index (χ2v) is 7.14. The molecule has 0 bridgehead atoms. The van der Waals surface area contributed by atoms with Crippen molar-refractivity contribution in [1.82, 2.24) is 10.2 Å². The smallest absolute Gasteiger partial charge is 0.317 e. The van der Waals surface area contributed by atoms with Crippen molar-refractivity contribution in [2.75, 3.05) is 25.9 Å². The van der Waals surface area contributed by atoms with Crippen LogP contribution in [0.5, 0.6) is 0 Å². The zero-order valence-electron chi connectivity index (χ0n) is 13.6. The van der Waals surface area contributed by atoms with Gasteiger partial charge in [-0.3, -0.25) is 4.79 Å². The molecule has 2 amide bonds. The lowest BCUT2D eigenvalue weighted by Crippen LogP contribution is -2.46. The highest BCUT2D eigenvalue weighted by atomic mass is 32.2. The predicted octanol–water partition coefficient (Wildman–Crippen LogP) is 2.80. The summed E-state index contributed by atoms with van der Waals surface area (Å²) in [6, 6.07) is -0.132. The van der Waals surface area contributed by atoms with Crippen LogP contribution in [0.4, 0.5) is 4.79 Å². The number of aliphatic carboxylic acids is 1. The summed E-state index contributed by atoms with van der Waals surface area (Å²) in [6.07, 6.45) is 5.17. The molecular formula is C15H28N2O3S. The van der Waals surface area contributed by atoms with E-state index in [1.807, 2.05) is 6.92 Å². The minimum atomic E-state index is -0.791. The molecule has 0 aliphatic carbocycles. The maximum atomic E-state index is 12.3. The van der Waals surface area contributed by atoms with Gasteiger partial charge in [0.15, 0.2) is 0 Å². The van der Waals surface area contributed by atoms with Gasteiger partial charge in [-0.2, -0.15) is 11.8 Å². The number of amides is 2. The van der Waals surface area contributed by atoms with E-state index in [4.69, 9.17) is 0 Å². The fourth-order valence-corrected chi connectivity index (χ4v) is 3.66. The van der Waals surface area contributed by atoms with Crippen LogP contribution in [0.3, 0.4) is 0 Å². The molecule has 0 aromatic carbocycles. The maximum Gasteiger partial charge on any atom is 0.317 e. The second kappa shape index (κ2) is 7.38. The summed E-state index contributed by atoms with van der Waals surface area (Å²) in [4.78, 5) is 25.3. The van der Waals surface area contributed by atoms with Crippen LogP contribution in [0.15, 0.2) is 0 Å². The van der Waals surface area contributed by atoms with Gasteiger partial charge in [0.2, 0.25) is 0 Å². The number of hydrogen-bond acceptors (Lipinski definition) is 3. The lowest BCUT2D eigenvalue weighted by Gasteiger charge is -2.31. The van der Waals surface area contributed by atoms with Gasteiger partial charge in [-0.05, 0) is 31.9 Å². The van der Waals surface area contributed by atoms with E-state index in [2.05, 4.69) is 25.4 Å². The van der Waals surface area contributed by atoms with Gasteiger partial charge < -0.3 is 15.3 Å². The minimum absolute atomic E-state index is 0.0734. The van der Waals surface area contributed by atoms with Gasteiger partial charge in [0.05, 0.1) is 5.41 Å². The summed E-state index contributed by atoms with van der Waals surface area (Å²) in [6.45, 7) is 7.61. The normalized spacial score (nSPS) is 22.4. The summed E-state index contributed by atoms with van der Waals surface area (Å²) < 4.78 is 0.0734. The number of carboxylic acid groups (broad SMARTS) is 1. The number of rotatable bonds is 7. The molecule has 0 radical (unpaired) electrons. The zero-order valence-corrected chi connectivity index (χ0v) is 14.4. The van der Waals surface area contributed by atoms with Gasteiger partial charge in [-0.15, -0.1) is 0 Å². The van der Waals surface area contributed by atoms with Crippen LogP contribution in [0, 0.1) is 5.41 Å². The molecular weight excluding hydrogens is 288 g/mol. The molecule has 1 heterocycles. The molecule has 1 saturated heterocycles. The molecule has 21 heavy (non-hydrogen) atoms. The van der Waals surface area contributed by atoms with Crippen LogP contribution in [0.2, 0.25) is 0 Å². The molecule has 0 aromatic heterocycles. The van der Waals surface area contributed by atoms with E-state index in [0.717, 1.165) is 12.8 Å². The van der Waals surface area contributed by atoms with Crippen LogP contribution >= 0.6 is 11.8 Å². The zero-order chi connectivity index (χ0) is 16.1. The molecule has 1 atom stereocenters. The molecule has 0 aromatic rings. The van der Waals surface area contributed by atoms with Crippen LogP contribution in [0.25, 0.3) is 0 Å². The number of carbonyl (C=O) groups excluding carboxylic acids is 1. The van der Waals surface area contributed by atoms with E-state index < -0.39 is 11.4 Å². The van der Waals surface area contributed by atoms with E-state index in [1.165, 1.54) is 0 Å². The summed E-state index contributed by atoms with van der Waals surface area (Å²) in [5.74, 6) is -0.791. The molecule has 1 aliphatic rings. The van der Waals surface area contributed by atoms with Crippen molar-refractivity contribution in [3.63, 3.8) is 0 Å². The van der Waals surface area contributed by atoms with E-state index in [9.17, 15) is 14.7 Å². The Hall–Kier alpha value is -0.910. The topological polar surface area (TPSA) is 69.6 Å². The number of carbonyl (C=O) groups is 2. The molecule has 0 saturated carbocycles. The first-order chi connectivity index (χ1) is 9.88.